The lowest BCUT2D eigenvalue weighted by Crippen LogP contribution is -2.35. The van der Waals surface area contributed by atoms with E-state index in [4.69, 9.17) is 14.7 Å². The van der Waals surface area contributed by atoms with Gasteiger partial charge in [-0.15, -0.1) is 0 Å². The fraction of sp³-hybridized carbons (Fsp3) is 0.310. The first-order valence-corrected chi connectivity index (χ1v) is 12.1. The van der Waals surface area contributed by atoms with Crippen LogP contribution < -0.4 is 10.1 Å². The smallest absolute Gasteiger partial charge is 0.162 e. The van der Waals surface area contributed by atoms with Gasteiger partial charge in [-0.1, -0.05) is 42.0 Å². The van der Waals surface area contributed by atoms with Gasteiger partial charge in [0.15, 0.2) is 5.82 Å². The quantitative estimate of drug-likeness (QED) is 0.376. The third-order valence-corrected chi connectivity index (χ3v) is 6.71. The van der Waals surface area contributed by atoms with E-state index in [1.165, 1.54) is 24.0 Å². The molecule has 0 aliphatic carbocycles. The third-order valence-electron chi connectivity index (χ3n) is 6.71. The second-order valence-electron chi connectivity index (χ2n) is 9.23. The zero-order valence-corrected chi connectivity index (χ0v) is 20.0. The van der Waals surface area contributed by atoms with Gasteiger partial charge in [0.05, 0.1) is 12.6 Å². The van der Waals surface area contributed by atoms with Gasteiger partial charge in [-0.3, -0.25) is 4.90 Å². The molecular formula is C29H32N4O. The van der Waals surface area contributed by atoms with Gasteiger partial charge in [0.2, 0.25) is 0 Å². The summed E-state index contributed by atoms with van der Waals surface area (Å²) in [6, 6.07) is 25.0. The van der Waals surface area contributed by atoms with Crippen LogP contribution in [0.5, 0.6) is 5.75 Å². The minimum atomic E-state index is 0.645. The lowest BCUT2D eigenvalue weighted by molar-refractivity contribution is 0.182. The average molecular weight is 453 g/mol. The Labute approximate surface area is 201 Å². The van der Waals surface area contributed by atoms with E-state index in [2.05, 4.69) is 53.5 Å². The number of para-hydroxylation sites is 1. The van der Waals surface area contributed by atoms with Gasteiger partial charge in [-0.25, -0.2) is 9.97 Å². The fourth-order valence-electron chi connectivity index (χ4n) is 4.74. The molecule has 1 aromatic heterocycles. The van der Waals surface area contributed by atoms with Crippen molar-refractivity contribution >= 4 is 16.7 Å². The number of piperidine rings is 1. The summed E-state index contributed by atoms with van der Waals surface area (Å²) in [6.45, 7) is 6.42. The van der Waals surface area contributed by atoms with Crippen molar-refractivity contribution < 1.29 is 4.74 Å². The number of likely N-dealkylation sites (tertiary alicyclic amines) is 1. The highest BCUT2D eigenvalue weighted by Gasteiger charge is 2.20. The maximum Gasteiger partial charge on any atom is 0.162 e. The molecule has 0 amide bonds. The molecule has 0 spiro atoms. The highest BCUT2D eigenvalue weighted by molar-refractivity contribution is 5.90. The highest BCUT2D eigenvalue weighted by atomic mass is 16.5. The van der Waals surface area contributed by atoms with Crippen LogP contribution in [-0.2, 0) is 6.54 Å². The van der Waals surface area contributed by atoms with Crippen LogP contribution in [0.3, 0.4) is 0 Å². The summed E-state index contributed by atoms with van der Waals surface area (Å²) in [6.07, 6.45) is 2.40. The maximum atomic E-state index is 5.29. The van der Waals surface area contributed by atoms with E-state index in [0.717, 1.165) is 60.0 Å². The Bertz CT molecular complexity index is 1250. The number of hydrogen-bond donors (Lipinski definition) is 1. The van der Waals surface area contributed by atoms with Gasteiger partial charge >= 0.3 is 0 Å². The normalized spacial score (nSPS) is 14.9. The number of ether oxygens (including phenoxy) is 1. The standard InChI is InChI=1S/C29H32N4O/c1-21-6-5-7-23(18-21)20-33-16-14-22(15-17-33)19-30-29-26-8-3-4-9-27(26)31-28(32-29)24-10-12-25(34-2)13-11-24/h3-13,18,22H,14-17,19-20H2,1-2H3,(H,30,31,32). The summed E-state index contributed by atoms with van der Waals surface area (Å²) in [5.41, 5.74) is 4.69. The van der Waals surface area contributed by atoms with Gasteiger partial charge in [-0.2, -0.15) is 0 Å². The number of nitrogens with one attached hydrogen (secondary N) is 1. The molecular weight excluding hydrogens is 420 g/mol. The SMILES string of the molecule is COc1ccc(-c2nc(NCC3CCN(Cc4cccc(C)c4)CC3)c3ccccc3n2)cc1. The monoisotopic (exact) mass is 452 g/mol. The molecule has 0 unspecified atom stereocenters. The number of hydrogen-bond acceptors (Lipinski definition) is 5. The van der Waals surface area contributed by atoms with Gasteiger partial charge in [0.25, 0.3) is 0 Å². The topological polar surface area (TPSA) is 50.3 Å². The first kappa shape index (κ1) is 22.4. The molecule has 5 nitrogen and oxygen atoms in total. The van der Waals surface area contributed by atoms with Crippen LogP contribution in [0, 0.1) is 12.8 Å². The first-order chi connectivity index (χ1) is 16.7. The maximum absolute atomic E-state index is 5.29. The Morgan fingerprint density at radius 1 is 0.941 bits per heavy atom. The van der Waals surface area contributed by atoms with Crippen molar-refractivity contribution in [2.24, 2.45) is 5.92 Å². The molecule has 3 aromatic carbocycles. The van der Waals surface area contributed by atoms with Crippen molar-refractivity contribution in [3.8, 4) is 17.1 Å². The Morgan fingerprint density at radius 2 is 1.74 bits per heavy atom. The van der Waals surface area contributed by atoms with Crippen molar-refractivity contribution in [2.75, 3.05) is 32.1 Å². The van der Waals surface area contributed by atoms with Crippen LogP contribution in [-0.4, -0.2) is 41.6 Å². The number of benzene rings is 3. The molecule has 0 radical (unpaired) electrons. The Morgan fingerprint density at radius 3 is 2.50 bits per heavy atom. The molecule has 1 aliphatic heterocycles. The number of anilines is 1. The minimum Gasteiger partial charge on any atom is -0.497 e. The summed E-state index contributed by atoms with van der Waals surface area (Å²) in [4.78, 5) is 12.3. The van der Waals surface area contributed by atoms with Crippen LogP contribution in [0.2, 0.25) is 0 Å². The number of aryl methyl sites for hydroxylation is 1. The molecule has 4 aromatic rings. The predicted molar refractivity (Wildman–Crippen MR) is 139 cm³/mol. The molecule has 1 N–H and O–H groups in total. The summed E-state index contributed by atoms with van der Waals surface area (Å²) >= 11 is 0. The van der Waals surface area contributed by atoms with Crippen LogP contribution in [0.1, 0.15) is 24.0 Å². The van der Waals surface area contributed by atoms with Crippen LogP contribution in [0.4, 0.5) is 5.82 Å². The average Bonchev–Trinajstić information content (AvgIpc) is 2.88. The number of nitrogens with zero attached hydrogens (tertiary/aromatic N) is 3. The third kappa shape index (κ3) is 5.20. The zero-order chi connectivity index (χ0) is 23.3. The van der Waals surface area contributed by atoms with Crippen molar-refractivity contribution in [1.82, 2.24) is 14.9 Å². The lowest BCUT2D eigenvalue weighted by Gasteiger charge is -2.32. The molecule has 2 heterocycles. The number of fused-ring (bicyclic) bond motifs is 1. The summed E-state index contributed by atoms with van der Waals surface area (Å²) < 4.78 is 5.29. The Balaban J connectivity index is 1.25. The number of rotatable bonds is 7. The predicted octanol–water partition coefficient (Wildman–Crippen LogP) is 5.94. The Kier molecular flexibility index (Phi) is 6.72. The van der Waals surface area contributed by atoms with Crippen molar-refractivity contribution in [1.29, 1.82) is 0 Å². The van der Waals surface area contributed by atoms with E-state index >= 15 is 0 Å². The summed E-state index contributed by atoms with van der Waals surface area (Å²) in [7, 11) is 1.68. The molecule has 0 bridgehead atoms. The lowest BCUT2D eigenvalue weighted by atomic mass is 9.96. The first-order valence-electron chi connectivity index (χ1n) is 12.1. The van der Waals surface area contributed by atoms with Gasteiger partial charge in [0.1, 0.15) is 11.6 Å². The number of methoxy groups -OCH3 is 1. The van der Waals surface area contributed by atoms with E-state index in [-0.39, 0.29) is 0 Å². The molecule has 1 fully saturated rings. The highest BCUT2D eigenvalue weighted by Crippen LogP contribution is 2.27. The van der Waals surface area contributed by atoms with Crippen LogP contribution >= 0.6 is 0 Å². The molecule has 5 heteroatoms. The second kappa shape index (κ2) is 10.2. The van der Waals surface area contributed by atoms with E-state index < -0.39 is 0 Å². The molecule has 0 saturated carbocycles. The van der Waals surface area contributed by atoms with E-state index in [0.29, 0.717) is 5.92 Å². The molecule has 1 saturated heterocycles. The van der Waals surface area contributed by atoms with Crippen LogP contribution in [0.15, 0.2) is 72.8 Å². The second-order valence-corrected chi connectivity index (χ2v) is 9.23. The zero-order valence-electron chi connectivity index (χ0n) is 20.0. The van der Waals surface area contributed by atoms with Crippen LogP contribution in [0.25, 0.3) is 22.3 Å². The molecule has 34 heavy (non-hydrogen) atoms. The summed E-state index contributed by atoms with van der Waals surface area (Å²) in [5, 5.41) is 4.73. The Hall–Kier alpha value is -3.44. The van der Waals surface area contributed by atoms with E-state index in [1.54, 1.807) is 7.11 Å². The number of aromatic nitrogens is 2. The minimum absolute atomic E-state index is 0.645. The van der Waals surface area contributed by atoms with Crippen molar-refractivity contribution in [3.05, 3.63) is 83.9 Å². The van der Waals surface area contributed by atoms with E-state index in [1.807, 2.05) is 36.4 Å². The molecule has 174 valence electrons. The van der Waals surface area contributed by atoms with Crippen molar-refractivity contribution in [3.63, 3.8) is 0 Å². The van der Waals surface area contributed by atoms with Crippen molar-refractivity contribution in [2.45, 2.75) is 26.3 Å². The fourth-order valence-corrected chi connectivity index (χ4v) is 4.74. The van der Waals surface area contributed by atoms with Gasteiger partial charge < -0.3 is 10.1 Å². The molecule has 0 atom stereocenters. The van der Waals surface area contributed by atoms with Gasteiger partial charge in [0, 0.05) is 24.0 Å². The molecule has 5 rings (SSSR count). The largest absolute Gasteiger partial charge is 0.497 e. The summed E-state index contributed by atoms with van der Waals surface area (Å²) in [5.74, 6) is 3.12. The van der Waals surface area contributed by atoms with E-state index in [9.17, 15) is 0 Å². The molecule has 1 aliphatic rings. The van der Waals surface area contributed by atoms with Gasteiger partial charge in [-0.05, 0) is 80.7 Å².